The molecule has 0 amide bonds. The average Bonchev–Trinajstić information content (AvgIpc) is 2.56. The lowest BCUT2D eigenvalue weighted by molar-refractivity contribution is 1.58. The van der Waals surface area contributed by atoms with E-state index < -0.39 is 0 Å². The second-order valence-corrected chi connectivity index (χ2v) is 5.55. The molecule has 0 nitrogen and oxygen atoms in total. The number of rotatable bonds is 3. The fraction of sp³-hybridized carbons (Fsp3) is 0. The van der Waals surface area contributed by atoms with Crippen LogP contribution in [0.15, 0.2) is 79.4 Å². The summed E-state index contributed by atoms with van der Waals surface area (Å²) in [6, 6.07) is 25.3. The van der Waals surface area contributed by atoms with Gasteiger partial charge in [0.25, 0.3) is 0 Å². The van der Waals surface area contributed by atoms with Gasteiger partial charge in [0.1, 0.15) is 0 Å². The molecule has 1 heteroatoms. The van der Waals surface area contributed by atoms with Crippen LogP contribution in [-0.4, -0.2) is 0 Å². The van der Waals surface area contributed by atoms with E-state index in [0.29, 0.717) is 0 Å². The van der Waals surface area contributed by atoms with Crippen molar-refractivity contribution in [3.05, 3.63) is 84.9 Å². The van der Waals surface area contributed by atoms with Gasteiger partial charge in [0.05, 0.1) is 0 Å². The van der Waals surface area contributed by atoms with Gasteiger partial charge >= 0.3 is 0 Å². The van der Waals surface area contributed by atoms with E-state index in [-0.39, 0.29) is 0 Å². The maximum Gasteiger partial charge on any atom is -0.00268 e. The third kappa shape index (κ3) is 2.68. The van der Waals surface area contributed by atoms with Crippen LogP contribution in [0.5, 0.6) is 0 Å². The van der Waals surface area contributed by atoms with E-state index in [1.54, 1.807) is 0 Å². The Kier molecular flexibility index (Phi) is 3.99. The van der Waals surface area contributed by atoms with Crippen molar-refractivity contribution in [3.63, 3.8) is 0 Å². The third-order valence-corrected chi connectivity index (χ3v) is 4.10. The molecule has 0 saturated carbocycles. The Labute approximate surface area is 128 Å². The summed E-state index contributed by atoms with van der Waals surface area (Å²) in [4.78, 5) is 0. The Hall–Kier alpha value is -2.17. The first kappa shape index (κ1) is 13.8. The molecule has 0 heterocycles. The number of hydrogen-bond acceptors (Lipinski definition) is 0. The molecule has 0 aliphatic rings. The summed E-state index contributed by atoms with van der Waals surface area (Å²) in [5.41, 5.74) is 6.10. The molecule has 3 aromatic carbocycles. The number of benzene rings is 3. The van der Waals surface area contributed by atoms with Crippen LogP contribution in [0.2, 0.25) is 0 Å². The molecule has 0 bridgehead atoms. The molecule has 0 fully saturated rings. The second-order valence-electron chi connectivity index (χ2n) is 4.93. The summed E-state index contributed by atoms with van der Waals surface area (Å²) in [5, 5.41) is 1.20. The van der Waals surface area contributed by atoms with Crippen molar-refractivity contribution in [2.24, 2.45) is 0 Å². The normalized spacial score (nSPS) is 10.3. The van der Waals surface area contributed by atoms with Gasteiger partial charge in [-0.3, -0.25) is 0 Å². The van der Waals surface area contributed by atoms with E-state index >= 15 is 0 Å². The van der Waals surface area contributed by atoms with Gasteiger partial charge in [-0.25, -0.2) is 0 Å². The van der Waals surface area contributed by atoms with E-state index in [4.69, 9.17) is 0 Å². The van der Waals surface area contributed by atoms with Gasteiger partial charge in [0.15, 0.2) is 0 Å². The van der Waals surface area contributed by atoms with Crippen molar-refractivity contribution in [2.75, 3.05) is 0 Å². The van der Waals surface area contributed by atoms with Crippen LogP contribution in [0.25, 0.3) is 28.3 Å². The number of hydrogen-bond donors (Lipinski definition) is 0. The largest absolute Gasteiger partial charge is 0.105 e. The lowest BCUT2D eigenvalue weighted by atomic mass is 9.90. The Morgan fingerprint density at radius 3 is 1.71 bits per heavy atom. The van der Waals surface area contributed by atoms with Gasteiger partial charge in [-0.05, 0) is 33.1 Å². The Balaban J connectivity index is 2.36. The summed E-state index contributed by atoms with van der Waals surface area (Å²) in [7, 11) is 2.85. The monoisotopic (exact) mass is 288 g/mol. The average molecular weight is 288 g/mol. The van der Waals surface area contributed by atoms with E-state index in [1.165, 1.54) is 27.6 Å². The minimum Gasteiger partial charge on any atom is -0.105 e. The van der Waals surface area contributed by atoms with Gasteiger partial charge < -0.3 is 0 Å². The van der Waals surface area contributed by atoms with Gasteiger partial charge in [0, 0.05) is 0 Å². The molecule has 3 aromatic rings. The molecule has 21 heavy (non-hydrogen) atoms. The quantitative estimate of drug-likeness (QED) is 0.584. The van der Waals surface area contributed by atoms with Crippen molar-refractivity contribution in [2.45, 2.75) is 0 Å². The second kappa shape index (κ2) is 6.08. The third-order valence-electron chi connectivity index (χ3n) is 3.61. The van der Waals surface area contributed by atoms with Crippen molar-refractivity contribution >= 4 is 20.6 Å². The van der Waals surface area contributed by atoms with E-state index in [2.05, 4.69) is 76.5 Å². The maximum atomic E-state index is 3.97. The first-order valence-corrected chi connectivity index (χ1v) is 7.54. The predicted molar refractivity (Wildman–Crippen MR) is 96.7 cm³/mol. The highest BCUT2D eigenvalue weighted by atomic mass is 31.0. The summed E-state index contributed by atoms with van der Waals surface area (Å²) in [5.74, 6) is 0. The lowest BCUT2D eigenvalue weighted by Crippen LogP contribution is -2.01. The van der Waals surface area contributed by atoms with Crippen LogP contribution in [0, 0.1) is 0 Å². The summed E-state index contributed by atoms with van der Waals surface area (Å²) in [6.45, 7) is 3.97. The fourth-order valence-corrected chi connectivity index (χ4v) is 3.04. The van der Waals surface area contributed by atoms with E-state index in [9.17, 15) is 0 Å². The standard InChI is InChI=1S/C20H17P/c1-2-15-13-14-18(21)20(17-11-7-4-8-12-17)19(15)16-9-5-3-6-10-16/h2-14H,1,21H2. The predicted octanol–water partition coefficient (Wildman–Crippen LogP) is 5.16. The Morgan fingerprint density at radius 1 is 0.667 bits per heavy atom. The van der Waals surface area contributed by atoms with E-state index in [1.807, 2.05) is 18.2 Å². The Bertz CT molecular complexity index is 759. The van der Waals surface area contributed by atoms with Crippen LogP contribution < -0.4 is 5.30 Å². The van der Waals surface area contributed by atoms with Crippen LogP contribution in [0.1, 0.15) is 5.56 Å². The Morgan fingerprint density at radius 2 is 1.19 bits per heavy atom. The zero-order chi connectivity index (χ0) is 14.7. The van der Waals surface area contributed by atoms with Crippen LogP contribution >= 0.6 is 9.24 Å². The zero-order valence-corrected chi connectivity index (χ0v) is 12.9. The first-order chi connectivity index (χ1) is 10.3. The fourth-order valence-electron chi connectivity index (χ4n) is 2.64. The molecule has 1 unspecified atom stereocenters. The smallest absolute Gasteiger partial charge is 0.00268 e. The van der Waals surface area contributed by atoms with Crippen LogP contribution in [-0.2, 0) is 0 Å². The SMILES string of the molecule is C=Cc1ccc(P)c(-c2ccccc2)c1-c1ccccc1. The molecule has 102 valence electrons. The zero-order valence-electron chi connectivity index (χ0n) is 11.8. The topological polar surface area (TPSA) is 0 Å². The first-order valence-electron chi connectivity index (χ1n) is 6.97. The summed E-state index contributed by atoms with van der Waals surface area (Å²) >= 11 is 0. The molecule has 0 N–H and O–H groups in total. The van der Waals surface area contributed by atoms with Gasteiger partial charge in [-0.15, -0.1) is 9.24 Å². The highest BCUT2D eigenvalue weighted by molar-refractivity contribution is 7.28. The molecule has 3 rings (SSSR count). The van der Waals surface area contributed by atoms with Crippen LogP contribution in [0.3, 0.4) is 0 Å². The maximum absolute atomic E-state index is 3.97. The molecule has 0 radical (unpaired) electrons. The van der Waals surface area contributed by atoms with Crippen molar-refractivity contribution in [3.8, 4) is 22.3 Å². The van der Waals surface area contributed by atoms with Gasteiger partial charge in [0.2, 0.25) is 0 Å². The molecule has 1 atom stereocenters. The van der Waals surface area contributed by atoms with Gasteiger partial charge in [-0.2, -0.15) is 0 Å². The molecule has 0 aromatic heterocycles. The summed E-state index contributed by atoms with van der Waals surface area (Å²) in [6.07, 6.45) is 1.93. The molecule has 0 aliphatic carbocycles. The molecular formula is C20H17P. The molecule has 0 spiro atoms. The molecular weight excluding hydrogens is 271 g/mol. The highest BCUT2D eigenvalue weighted by Crippen LogP contribution is 2.35. The molecule has 0 saturated heterocycles. The van der Waals surface area contributed by atoms with E-state index in [0.717, 1.165) is 5.56 Å². The molecule has 0 aliphatic heterocycles. The summed E-state index contributed by atoms with van der Waals surface area (Å²) < 4.78 is 0. The van der Waals surface area contributed by atoms with Crippen molar-refractivity contribution in [1.29, 1.82) is 0 Å². The minimum absolute atomic E-state index is 1.16. The van der Waals surface area contributed by atoms with Crippen LogP contribution in [0.4, 0.5) is 0 Å². The van der Waals surface area contributed by atoms with Crippen molar-refractivity contribution < 1.29 is 0 Å². The highest BCUT2D eigenvalue weighted by Gasteiger charge is 2.13. The van der Waals surface area contributed by atoms with Gasteiger partial charge in [-0.1, -0.05) is 85.5 Å². The van der Waals surface area contributed by atoms with Crippen molar-refractivity contribution in [1.82, 2.24) is 0 Å². The minimum atomic E-state index is 1.16. The lowest BCUT2D eigenvalue weighted by Gasteiger charge is -2.16.